The summed E-state index contributed by atoms with van der Waals surface area (Å²) in [5.74, 6) is 1.89. The molecule has 0 fully saturated rings. The maximum atomic E-state index is 11.7. The predicted octanol–water partition coefficient (Wildman–Crippen LogP) is 3.55. The number of aliphatic imine (C=N–C) groups is 1. The molecule has 0 radical (unpaired) electrons. The van der Waals surface area contributed by atoms with Crippen LogP contribution < -0.4 is 16.2 Å². The van der Waals surface area contributed by atoms with Gasteiger partial charge in [0.15, 0.2) is 5.96 Å². The summed E-state index contributed by atoms with van der Waals surface area (Å²) in [6.45, 7) is 8.18. The Balaban J connectivity index is 0.00000341. The molecule has 2 aromatic heterocycles. The highest BCUT2D eigenvalue weighted by Gasteiger charge is 2.06. The summed E-state index contributed by atoms with van der Waals surface area (Å²) in [5, 5.41) is 6.69. The first-order valence-corrected chi connectivity index (χ1v) is 10.8. The molecule has 3 aromatic rings. The quantitative estimate of drug-likeness (QED) is 0.180. The van der Waals surface area contributed by atoms with E-state index in [-0.39, 0.29) is 29.5 Å². The summed E-state index contributed by atoms with van der Waals surface area (Å²) < 4.78 is 4.01. The number of imidazole rings is 1. The second-order valence-electron chi connectivity index (χ2n) is 7.28. The van der Waals surface area contributed by atoms with Crippen molar-refractivity contribution in [3.8, 4) is 0 Å². The Morgan fingerprint density at radius 3 is 2.65 bits per heavy atom. The molecule has 7 nitrogen and oxygen atoms in total. The summed E-state index contributed by atoms with van der Waals surface area (Å²) in [5.41, 5.74) is 2.29. The summed E-state index contributed by atoms with van der Waals surface area (Å²) >= 11 is 0. The van der Waals surface area contributed by atoms with Crippen molar-refractivity contribution in [2.24, 2.45) is 4.99 Å². The van der Waals surface area contributed by atoms with E-state index >= 15 is 0 Å². The second kappa shape index (κ2) is 13.1. The summed E-state index contributed by atoms with van der Waals surface area (Å²) in [6, 6.07) is 13.5. The number of hydrogen-bond donors (Lipinski definition) is 2. The first-order valence-electron chi connectivity index (χ1n) is 10.8. The highest BCUT2D eigenvalue weighted by Crippen LogP contribution is 2.15. The normalized spacial score (nSPS) is 11.4. The molecule has 0 atom stereocenters. The molecule has 0 saturated carbocycles. The van der Waals surface area contributed by atoms with E-state index in [4.69, 9.17) is 4.99 Å². The van der Waals surface area contributed by atoms with Gasteiger partial charge in [-0.05, 0) is 51.3 Å². The summed E-state index contributed by atoms with van der Waals surface area (Å²) in [7, 11) is 0. The molecule has 0 amide bonds. The van der Waals surface area contributed by atoms with Crippen molar-refractivity contribution < 1.29 is 0 Å². The average Bonchev–Trinajstić information content (AvgIpc) is 3.07. The molecule has 3 rings (SSSR count). The number of aryl methyl sites for hydroxylation is 3. The molecule has 0 saturated heterocycles. The van der Waals surface area contributed by atoms with Crippen LogP contribution in [0.5, 0.6) is 0 Å². The smallest absolute Gasteiger partial charge is 0.250 e. The van der Waals surface area contributed by atoms with Gasteiger partial charge in [-0.2, -0.15) is 0 Å². The van der Waals surface area contributed by atoms with Crippen LogP contribution in [0.4, 0.5) is 0 Å². The first kappa shape index (κ1) is 24.9. The van der Waals surface area contributed by atoms with Crippen molar-refractivity contribution in [1.82, 2.24) is 24.8 Å². The number of halogens is 1. The van der Waals surface area contributed by atoms with Crippen LogP contribution in [0, 0.1) is 6.92 Å². The number of fused-ring (bicyclic) bond motifs is 1. The zero-order valence-electron chi connectivity index (χ0n) is 18.4. The van der Waals surface area contributed by atoms with Gasteiger partial charge in [0.05, 0.1) is 11.0 Å². The number of rotatable bonds is 10. The SMILES string of the molecule is CCNC(=NCCCn1c(C)nc2ccccc21)NCCCCn1ccccc1=O.I. The Labute approximate surface area is 201 Å². The molecule has 0 spiro atoms. The maximum absolute atomic E-state index is 11.7. The predicted molar refractivity (Wildman–Crippen MR) is 138 cm³/mol. The maximum Gasteiger partial charge on any atom is 0.250 e. The van der Waals surface area contributed by atoms with Gasteiger partial charge < -0.3 is 19.8 Å². The molecule has 0 aliphatic rings. The fraction of sp³-hybridized carbons (Fsp3) is 0.435. The number of unbranched alkanes of at least 4 members (excludes halogenated alkanes) is 1. The molecule has 0 bridgehead atoms. The Morgan fingerprint density at radius 2 is 1.84 bits per heavy atom. The van der Waals surface area contributed by atoms with Crippen LogP contribution in [0.25, 0.3) is 11.0 Å². The molecule has 2 N–H and O–H groups in total. The fourth-order valence-electron chi connectivity index (χ4n) is 3.50. The third-order valence-corrected chi connectivity index (χ3v) is 5.02. The summed E-state index contributed by atoms with van der Waals surface area (Å²) in [6.07, 6.45) is 4.72. The molecule has 31 heavy (non-hydrogen) atoms. The number of guanidine groups is 1. The van der Waals surface area contributed by atoms with Gasteiger partial charge in [-0.1, -0.05) is 18.2 Å². The Hall–Kier alpha value is -2.36. The van der Waals surface area contributed by atoms with E-state index in [1.54, 1.807) is 16.7 Å². The number of hydrogen-bond acceptors (Lipinski definition) is 3. The number of nitrogens with zero attached hydrogens (tertiary/aromatic N) is 4. The number of benzene rings is 1. The van der Waals surface area contributed by atoms with Gasteiger partial charge >= 0.3 is 0 Å². The van der Waals surface area contributed by atoms with Gasteiger partial charge in [-0.25, -0.2) is 4.98 Å². The highest BCUT2D eigenvalue weighted by molar-refractivity contribution is 14.0. The number of pyridine rings is 1. The van der Waals surface area contributed by atoms with Crippen LogP contribution in [-0.2, 0) is 13.1 Å². The highest BCUT2D eigenvalue weighted by atomic mass is 127. The lowest BCUT2D eigenvalue weighted by Crippen LogP contribution is -2.38. The Bertz CT molecular complexity index is 1030. The zero-order chi connectivity index (χ0) is 21.2. The lowest BCUT2D eigenvalue weighted by molar-refractivity contribution is 0.585. The van der Waals surface area contributed by atoms with Crippen LogP contribution in [-0.4, -0.2) is 39.7 Å². The molecule has 0 aliphatic heterocycles. The van der Waals surface area contributed by atoms with Crippen molar-refractivity contribution in [3.63, 3.8) is 0 Å². The van der Waals surface area contributed by atoms with E-state index in [0.717, 1.165) is 69.3 Å². The standard InChI is InChI=1S/C23H32N6O.HI/c1-3-24-23(25-14-7-9-17-28-16-8-6-13-22(28)30)26-15-10-18-29-19(2)27-20-11-4-5-12-21(20)29;/h4-6,8,11-13,16H,3,7,9-10,14-15,17-18H2,1-2H3,(H2,24,25,26);1H. The minimum absolute atomic E-state index is 0. The van der Waals surface area contributed by atoms with Crippen molar-refractivity contribution in [3.05, 3.63) is 64.8 Å². The minimum atomic E-state index is 0. The molecular weight excluding hydrogens is 503 g/mol. The molecule has 2 heterocycles. The zero-order valence-corrected chi connectivity index (χ0v) is 20.7. The second-order valence-corrected chi connectivity index (χ2v) is 7.28. The molecule has 168 valence electrons. The van der Waals surface area contributed by atoms with Crippen molar-refractivity contribution >= 4 is 41.0 Å². The van der Waals surface area contributed by atoms with Crippen LogP contribution >= 0.6 is 24.0 Å². The van der Waals surface area contributed by atoms with Gasteiger partial charge in [0.1, 0.15) is 5.82 Å². The van der Waals surface area contributed by atoms with E-state index in [1.807, 2.05) is 18.3 Å². The molecular formula is C23H33IN6O. The largest absolute Gasteiger partial charge is 0.357 e. The van der Waals surface area contributed by atoms with E-state index in [1.165, 1.54) is 5.52 Å². The minimum Gasteiger partial charge on any atom is -0.357 e. The first-order chi connectivity index (χ1) is 14.7. The van der Waals surface area contributed by atoms with Crippen molar-refractivity contribution in [2.45, 2.75) is 46.2 Å². The van der Waals surface area contributed by atoms with E-state index in [0.29, 0.717) is 0 Å². The summed E-state index contributed by atoms with van der Waals surface area (Å²) in [4.78, 5) is 21.0. The number of para-hydroxylation sites is 2. The van der Waals surface area contributed by atoms with Crippen LogP contribution in [0.15, 0.2) is 58.4 Å². The van der Waals surface area contributed by atoms with Gasteiger partial charge in [0.2, 0.25) is 5.56 Å². The van der Waals surface area contributed by atoms with Gasteiger partial charge in [0.25, 0.3) is 0 Å². The number of nitrogens with one attached hydrogen (secondary N) is 2. The molecule has 1 aromatic carbocycles. The van der Waals surface area contributed by atoms with Gasteiger partial charge in [-0.3, -0.25) is 9.79 Å². The Morgan fingerprint density at radius 1 is 1.03 bits per heavy atom. The monoisotopic (exact) mass is 536 g/mol. The van der Waals surface area contributed by atoms with Gasteiger partial charge in [-0.15, -0.1) is 24.0 Å². The lowest BCUT2D eigenvalue weighted by atomic mass is 10.3. The molecule has 0 unspecified atom stereocenters. The van der Waals surface area contributed by atoms with Crippen molar-refractivity contribution in [1.29, 1.82) is 0 Å². The fourth-order valence-corrected chi connectivity index (χ4v) is 3.50. The van der Waals surface area contributed by atoms with Crippen LogP contribution in [0.2, 0.25) is 0 Å². The van der Waals surface area contributed by atoms with Crippen LogP contribution in [0.3, 0.4) is 0 Å². The Kier molecular flexibility index (Phi) is 10.6. The van der Waals surface area contributed by atoms with Crippen molar-refractivity contribution in [2.75, 3.05) is 19.6 Å². The average molecular weight is 536 g/mol. The van der Waals surface area contributed by atoms with E-state index < -0.39 is 0 Å². The number of aromatic nitrogens is 3. The van der Waals surface area contributed by atoms with Crippen LogP contribution in [0.1, 0.15) is 32.0 Å². The third kappa shape index (κ3) is 7.37. The lowest BCUT2D eigenvalue weighted by Gasteiger charge is -2.12. The molecule has 0 aliphatic carbocycles. The molecule has 8 heteroatoms. The van der Waals surface area contributed by atoms with Gasteiger partial charge in [0, 0.05) is 45.0 Å². The van der Waals surface area contributed by atoms with E-state index in [9.17, 15) is 4.79 Å². The van der Waals surface area contributed by atoms with E-state index in [2.05, 4.69) is 52.2 Å². The third-order valence-electron chi connectivity index (χ3n) is 5.02. The topological polar surface area (TPSA) is 76.2 Å².